The van der Waals surface area contributed by atoms with E-state index in [1.165, 1.54) is 6.07 Å². The number of H-pyrrole nitrogens is 1. The van der Waals surface area contributed by atoms with Crippen LogP contribution in [0.15, 0.2) is 22.7 Å². The number of fused-ring (bicyclic) bond motifs is 1. The van der Waals surface area contributed by atoms with E-state index < -0.39 is 0 Å². The van der Waals surface area contributed by atoms with E-state index in [9.17, 15) is 4.39 Å². The van der Waals surface area contributed by atoms with Crippen molar-refractivity contribution in [1.82, 2.24) is 25.0 Å². The van der Waals surface area contributed by atoms with E-state index in [1.807, 2.05) is 6.07 Å². The highest BCUT2D eigenvalue weighted by Gasteiger charge is 2.34. The predicted molar refractivity (Wildman–Crippen MR) is 84.7 cm³/mol. The van der Waals surface area contributed by atoms with Gasteiger partial charge in [0.25, 0.3) is 0 Å². The quantitative estimate of drug-likeness (QED) is 0.796. The summed E-state index contributed by atoms with van der Waals surface area (Å²) in [4.78, 5) is 14.5. The summed E-state index contributed by atoms with van der Waals surface area (Å²) in [5.74, 6) is 2.51. The fourth-order valence-electron chi connectivity index (χ4n) is 3.50. The van der Waals surface area contributed by atoms with Crippen LogP contribution in [0.25, 0.3) is 11.0 Å². The molecule has 1 aliphatic carbocycles. The molecule has 2 fully saturated rings. The average molecular weight is 327 g/mol. The Morgan fingerprint density at radius 1 is 1.25 bits per heavy atom. The number of hydrogen-bond donors (Lipinski definition) is 1. The third-order valence-electron chi connectivity index (χ3n) is 4.91. The van der Waals surface area contributed by atoms with E-state index >= 15 is 0 Å². The van der Waals surface area contributed by atoms with Crippen LogP contribution in [0.3, 0.4) is 0 Å². The molecular formula is C17H18FN5O. The van der Waals surface area contributed by atoms with Crippen LogP contribution in [0.2, 0.25) is 0 Å². The van der Waals surface area contributed by atoms with E-state index in [4.69, 9.17) is 4.52 Å². The highest BCUT2D eigenvalue weighted by molar-refractivity contribution is 5.75. The highest BCUT2D eigenvalue weighted by atomic mass is 19.1. The summed E-state index contributed by atoms with van der Waals surface area (Å²) < 4.78 is 19.2. The molecule has 1 atom stereocenters. The molecule has 1 saturated heterocycles. The maximum absolute atomic E-state index is 13.8. The number of para-hydroxylation sites is 1. The first kappa shape index (κ1) is 14.1. The zero-order valence-electron chi connectivity index (χ0n) is 13.2. The van der Waals surface area contributed by atoms with E-state index in [0.29, 0.717) is 18.0 Å². The van der Waals surface area contributed by atoms with Gasteiger partial charge in [0, 0.05) is 5.92 Å². The van der Waals surface area contributed by atoms with Crippen molar-refractivity contribution < 1.29 is 8.91 Å². The number of halogens is 1. The fraction of sp³-hybridized carbons (Fsp3) is 0.471. The Labute approximate surface area is 138 Å². The third-order valence-corrected chi connectivity index (χ3v) is 4.91. The summed E-state index contributed by atoms with van der Waals surface area (Å²) in [6, 6.07) is 5.12. The molecule has 1 aromatic carbocycles. The Balaban J connectivity index is 1.38. The SMILES string of the molecule is Fc1cccc2[nH]c(CN3CCC[C@H]3c3noc(C4CC4)n3)nc12. The summed E-state index contributed by atoms with van der Waals surface area (Å²) in [7, 11) is 0. The second kappa shape index (κ2) is 5.37. The molecule has 2 aromatic heterocycles. The minimum atomic E-state index is -0.291. The Kier molecular flexibility index (Phi) is 3.16. The van der Waals surface area contributed by atoms with Gasteiger partial charge in [0.2, 0.25) is 5.89 Å². The highest BCUT2D eigenvalue weighted by Crippen LogP contribution is 2.40. The summed E-state index contributed by atoms with van der Waals surface area (Å²) in [6.45, 7) is 1.59. The minimum Gasteiger partial charge on any atom is -0.341 e. The van der Waals surface area contributed by atoms with Gasteiger partial charge in [0.15, 0.2) is 11.6 Å². The molecule has 0 spiro atoms. The molecule has 0 unspecified atom stereocenters. The third kappa shape index (κ3) is 2.39. The molecule has 5 rings (SSSR count). The van der Waals surface area contributed by atoms with Gasteiger partial charge in [-0.1, -0.05) is 11.2 Å². The first-order valence-corrected chi connectivity index (χ1v) is 8.48. The van der Waals surface area contributed by atoms with Gasteiger partial charge in [0.05, 0.1) is 18.1 Å². The molecule has 3 aromatic rings. The van der Waals surface area contributed by atoms with Crippen LogP contribution in [0.5, 0.6) is 0 Å². The number of benzene rings is 1. The first-order chi connectivity index (χ1) is 11.8. The van der Waals surface area contributed by atoms with Crippen molar-refractivity contribution in [2.45, 2.75) is 44.2 Å². The number of aromatic amines is 1. The zero-order chi connectivity index (χ0) is 16.1. The molecule has 1 N–H and O–H groups in total. The number of likely N-dealkylation sites (tertiary alicyclic amines) is 1. The molecule has 0 bridgehead atoms. The lowest BCUT2D eigenvalue weighted by molar-refractivity contribution is 0.229. The van der Waals surface area contributed by atoms with Gasteiger partial charge in [-0.25, -0.2) is 9.37 Å². The summed E-state index contributed by atoms with van der Waals surface area (Å²) in [5, 5.41) is 4.19. The molecule has 2 aliphatic rings. The number of imidazole rings is 1. The van der Waals surface area contributed by atoms with E-state index in [1.54, 1.807) is 6.07 Å². The zero-order valence-corrected chi connectivity index (χ0v) is 13.2. The smallest absolute Gasteiger partial charge is 0.229 e. The molecule has 1 saturated carbocycles. The maximum Gasteiger partial charge on any atom is 0.229 e. The van der Waals surface area contributed by atoms with Gasteiger partial charge in [-0.2, -0.15) is 4.98 Å². The molecule has 6 nitrogen and oxygen atoms in total. The van der Waals surface area contributed by atoms with Crippen LogP contribution >= 0.6 is 0 Å². The Morgan fingerprint density at radius 2 is 2.17 bits per heavy atom. The standard InChI is InChI=1S/C17H18FN5O/c18-11-3-1-4-12-15(11)20-14(19-12)9-23-8-2-5-13(23)16-21-17(24-22-16)10-6-7-10/h1,3-4,10,13H,2,5-9H2,(H,19,20)/t13-/m0/s1. The normalized spacial score (nSPS) is 21.8. The molecule has 0 amide bonds. The lowest BCUT2D eigenvalue weighted by Crippen LogP contribution is -2.24. The van der Waals surface area contributed by atoms with Crippen LogP contribution < -0.4 is 0 Å². The number of rotatable bonds is 4. The maximum atomic E-state index is 13.8. The first-order valence-electron chi connectivity index (χ1n) is 8.48. The van der Waals surface area contributed by atoms with E-state index in [-0.39, 0.29) is 11.9 Å². The fourth-order valence-corrected chi connectivity index (χ4v) is 3.50. The molecule has 0 radical (unpaired) electrons. The average Bonchev–Trinajstić information content (AvgIpc) is 3.00. The van der Waals surface area contributed by atoms with Crippen LogP contribution in [0, 0.1) is 5.82 Å². The molecule has 3 heterocycles. The summed E-state index contributed by atoms with van der Waals surface area (Å²) in [6.07, 6.45) is 4.41. The lowest BCUT2D eigenvalue weighted by Gasteiger charge is -2.20. The number of nitrogens with zero attached hydrogens (tertiary/aromatic N) is 4. The number of hydrogen-bond acceptors (Lipinski definition) is 5. The van der Waals surface area contributed by atoms with Crippen LogP contribution in [0.4, 0.5) is 4.39 Å². The predicted octanol–water partition coefficient (Wildman–Crippen LogP) is 3.30. The van der Waals surface area contributed by atoms with Crippen LogP contribution in [-0.4, -0.2) is 31.6 Å². The van der Waals surface area contributed by atoms with Crippen molar-refractivity contribution >= 4 is 11.0 Å². The number of aromatic nitrogens is 4. The van der Waals surface area contributed by atoms with Gasteiger partial charge in [-0.05, 0) is 44.4 Å². The lowest BCUT2D eigenvalue weighted by atomic mass is 10.2. The van der Waals surface area contributed by atoms with Crippen molar-refractivity contribution in [3.05, 3.63) is 41.6 Å². The van der Waals surface area contributed by atoms with Crippen molar-refractivity contribution in [1.29, 1.82) is 0 Å². The van der Waals surface area contributed by atoms with Crippen molar-refractivity contribution in [3.63, 3.8) is 0 Å². The molecule has 24 heavy (non-hydrogen) atoms. The van der Waals surface area contributed by atoms with E-state index in [2.05, 4.69) is 25.0 Å². The summed E-state index contributed by atoms with van der Waals surface area (Å²) in [5.41, 5.74) is 1.13. The second-order valence-electron chi connectivity index (χ2n) is 6.71. The minimum absolute atomic E-state index is 0.152. The van der Waals surface area contributed by atoms with Crippen molar-refractivity contribution in [3.8, 4) is 0 Å². The van der Waals surface area contributed by atoms with Gasteiger partial charge >= 0.3 is 0 Å². The van der Waals surface area contributed by atoms with Crippen LogP contribution in [-0.2, 0) is 6.54 Å². The van der Waals surface area contributed by atoms with Gasteiger partial charge in [-0.3, -0.25) is 4.90 Å². The van der Waals surface area contributed by atoms with Crippen LogP contribution in [0.1, 0.15) is 55.2 Å². The van der Waals surface area contributed by atoms with E-state index in [0.717, 1.165) is 55.3 Å². The second-order valence-corrected chi connectivity index (χ2v) is 6.71. The van der Waals surface area contributed by atoms with Crippen molar-refractivity contribution in [2.75, 3.05) is 6.54 Å². The molecular weight excluding hydrogens is 309 g/mol. The van der Waals surface area contributed by atoms with Gasteiger partial charge < -0.3 is 9.51 Å². The summed E-state index contributed by atoms with van der Waals surface area (Å²) >= 11 is 0. The largest absolute Gasteiger partial charge is 0.341 e. The monoisotopic (exact) mass is 327 g/mol. The topological polar surface area (TPSA) is 70.8 Å². The van der Waals surface area contributed by atoms with Crippen molar-refractivity contribution in [2.24, 2.45) is 0 Å². The molecule has 124 valence electrons. The van der Waals surface area contributed by atoms with Gasteiger partial charge in [0.1, 0.15) is 11.3 Å². The Morgan fingerprint density at radius 3 is 3.00 bits per heavy atom. The Bertz CT molecular complexity index is 884. The molecule has 7 heteroatoms. The molecule has 1 aliphatic heterocycles. The Hall–Kier alpha value is -2.28. The number of nitrogens with one attached hydrogen (secondary N) is 1. The van der Waals surface area contributed by atoms with Gasteiger partial charge in [-0.15, -0.1) is 0 Å².